The van der Waals surface area contributed by atoms with E-state index in [1.807, 2.05) is 0 Å². The number of hydrogen-bond acceptors (Lipinski definition) is 1. The number of aromatic nitrogens is 2. The van der Waals surface area contributed by atoms with E-state index >= 15 is 0 Å². The van der Waals surface area contributed by atoms with Gasteiger partial charge in [0.15, 0.2) is 0 Å². The molecule has 5 heteroatoms. The molecule has 1 heterocycles. The molecule has 0 bridgehead atoms. The molecule has 2 rings (SSSR count). The number of benzene rings is 1. The van der Waals surface area contributed by atoms with Gasteiger partial charge in [0.2, 0.25) is 5.82 Å². The van der Waals surface area contributed by atoms with Gasteiger partial charge in [-0.15, -0.1) is 0 Å². The fourth-order valence-corrected chi connectivity index (χ4v) is 1.47. The third-order valence-electron chi connectivity index (χ3n) is 2.20. The van der Waals surface area contributed by atoms with Crippen LogP contribution >= 0.6 is 0 Å². The lowest BCUT2D eigenvalue weighted by Gasteiger charge is -1.99. The summed E-state index contributed by atoms with van der Waals surface area (Å²) < 4.78 is 37.2. The molecule has 0 aliphatic carbocycles. The molecule has 1 aromatic carbocycles. The van der Waals surface area contributed by atoms with Crippen LogP contribution in [0.2, 0.25) is 0 Å². The van der Waals surface area contributed by atoms with E-state index in [-0.39, 0.29) is 0 Å². The summed E-state index contributed by atoms with van der Waals surface area (Å²) in [6, 6.07) is 8.77. The molecule has 0 radical (unpaired) electrons. The predicted octanol–water partition coefficient (Wildman–Crippen LogP) is 3.40. The molecule has 0 unspecified atom stereocenters. The van der Waals surface area contributed by atoms with Crippen molar-refractivity contribution in [3.05, 3.63) is 41.9 Å². The maximum Gasteiger partial charge on any atom is 0.449 e. The molecular formula is C11H9F3N2. The second-order valence-corrected chi connectivity index (χ2v) is 3.42. The van der Waals surface area contributed by atoms with E-state index in [1.54, 1.807) is 37.3 Å². The van der Waals surface area contributed by atoms with E-state index < -0.39 is 12.0 Å². The minimum atomic E-state index is -4.43. The van der Waals surface area contributed by atoms with Crippen molar-refractivity contribution in [2.24, 2.45) is 0 Å². The van der Waals surface area contributed by atoms with Crippen molar-refractivity contribution in [2.75, 3.05) is 0 Å². The Morgan fingerprint density at radius 3 is 2.25 bits per heavy atom. The number of rotatable bonds is 1. The fraction of sp³-hybridized carbons (Fsp3) is 0.182. The summed E-state index contributed by atoms with van der Waals surface area (Å²) >= 11 is 0. The van der Waals surface area contributed by atoms with E-state index in [2.05, 4.69) is 9.97 Å². The predicted molar refractivity (Wildman–Crippen MR) is 53.8 cm³/mol. The second kappa shape index (κ2) is 3.66. The van der Waals surface area contributed by atoms with Gasteiger partial charge in [-0.3, -0.25) is 0 Å². The molecule has 0 atom stereocenters. The molecule has 1 N–H and O–H groups in total. The van der Waals surface area contributed by atoms with Crippen LogP contribution in [-0.4, -0.2) is 9.97 Å². The van der Waals surface area contributed by atoms with Crippen LogP contribution in [0.5, 0.6) is 0 Å². The molecule has 1 aromatic heterocycles. The highest BCUT2D eigenvalue weighted by molar-refractivity contribution is 5.61. The summed E-state index contributed by atoms with van der Waals surface area (Å²) in [5.74, 6) is -0.955. The standard InChI is InChI=1S/C11H9F3N2/c1-7-9(8-5-3-2-4-6-8)16-10(15-7)11(12,13)14/h2-6H,1H3,(H,15,16). The maximum atomic E-state index is 12.4. The normalized spacial score (nSPS) is 11.8. The van der Waals surface area contributed by atoms with Crippen LogP contribution in [0.15, 0.2) is 30.3 Å². The summed E-state index contributed by atoms with van der Waals surface area (Å²) in [7, 11) is 0. The van der Waals surface area contributed by atoms with Crippen LogP contribution in [0.3, 0.4) is 0 Å². The molecule has 84 valence electrons. The van der Waals surface area contributed by atoms with Crippen LogP contribution in [0.25, 0.3) is 11.3 Å². The van der Waals surface area contributed by atoms with Crippen LogP contribution < -0.4 is 0 Å². The average molecular weight is 226 g/mol. The average Bonchev–Trinajstić information content (AvgIpc) is 2.61. The molecule has 0 aliphatic rings. The molecule has 0 spiro atoms. The van der Waals surface area contributed by atoms with E-state index in [0.717, 1.165) is 0 Å². The van der Waals surface area contributed by atoms with Gasteiger partial charge in [-0.25, -0.2) is 4.98 Å². The van der Waals surface area contributed by atoms with Crippen molar-refractivity contribution in [2.45, 2.75) is 13.1 Å². The van der Waals surface area contributed by atoms with Gasteiger partial charge in [0.25, 0.3) is 0 Å². The first-order valence-electron chi connectivity index (χ1n) is 4.67. The zero-order valence-electron chi connectivity index (χ0n) is 8.47. The third-order valence-corrected chi connectivity index (χ3v) is 2.20. The number of nitrogens with one attached hydrogen (secondary N) is 1. The van der Waals surface area contributed by atoms with Crippen LogP contribution in [0.1, 0.15) is 11.5 Å². The quantitative estimate of drug-likeness (QED) is 0.793. The number of aromatic amines is 1. The summed E-state index contributed by atoms with van der Waals surface area (Å²) in [6.07, 6.45) is -4.43. The minimum absolute atomic E-state index is 0.341. The Labute approximate surface area is 90.1 Å². The van der Waals surface area contributed by atoms with E-state index in [0.29, 0.717) is 17.0 Å². The van der Waals surface area contributed by atoms with Crippen molar-refractivity contribution in [3.63, 3.8) is 0 Å². The van der Waals surface area contributed by atoms with Crippen molar-refractivity contribution >= 4 is 0 Å². The number of halogens is 3. The minimum Gasteiger partial charge on any atom is -0.338 e. The number of imidazole rings is 1. The maximum absolute atomic E-state index is 12.4. The van der Waals surface area contributed by atoms with Crippen molar-refractivity contribution in [1.82, 2.24) is 9.97 Å². The van der Waals surface area contributed by atoms with Gasteiger partial charge in [-0.2, -0.15) is 13.2 Å². The van der Waals surface area contributed by atoms with E-state index in [9.17, 15) is 13.2 Å². The van der Waals surface area contributed by atoms with Crippen molar-refractivity contribution < 1.29 is 13.2 Å². The molecule has 0 saturated carbocycles. The fourth-order valence-electron chi connectivity index (χ4n) is 1.47. The lowest BCUT2D eigenvalue weighted by Crippen LogP contribution is -2.07. The highest BCUT2D eigenvalue weighted by Crippen LogP contribution is 2.30. The smallest absolute Gasteiger partial charge is 0.338 e. The SMILES string of the molecule is Cc1[nH]c(C(F)(F)F)nc1-c1ccccc1. The summed E-state index contributed by atoms with van der Waals surface area (Å²) in [5, 5.41) is 0. The molecule has 2 nitrogen and oxygen atoms in total. The van der Waals surface area contributed by atoms with E-state index in [4.69, 9.17) is 0 Å². The lowest BCUT2D eigenvalue weighted by molar-refractivity contribution is -0.144. The highest BCUT2D eigenvalue weighted by atomic mass is 19.4. The third kappa shape index (κ3) is 1.93. The van der Waals surface area contributed by atoms with Gasteiger partial charge in [-0.1, -0.05) is 30.3 Å². The number of H-pyrrole nitrogens is 1. The molecule has 2 aromatic rings. The Kier molecular flexibility index (Phi) is 2.46. The molecular weight excluding hydrogens is 217 g/mol. The molecule has 0 aliphatic heterocycles. The van der Waals surface area contributed by atoms with E-state index in [1.165, 1.54) is 0 Å². The number of aryl methyl sites for hydroxylation is 1. The lowest BCUT2D eigenvalue weighted by atomic mass is 10.1. The van der Waals surface area contributed by atoms with Crippen molar-refractivity contribution in [3.8, 4) is 11.3 Å². The molecule has 0 fully saturated rings. The summed E-state index contributed by atoms with van der Waals surface area (Å²) in [6.45, 7) is 1.57. The second-order valence-electron chi connectivity index (χ2n) is 3.42. The monoisotopic (exact) mass is 226 g/mol. The topological polar surface area (TPSA) is 28.7 Å². The Morgan fingerprint density at radius 2 is 1.75 bits per heavy atom. The number of alkyl halides is 3. The number of hydrogen-bond donors (Lipinski definition) is 1. The molecule has 0 amide bonds. The first-order chi connectivity index (χ1) is 7.48. The Balaban J connectivity index is 2.48. The van der Waals surface area contributed by atoms with Gasteiger partial charge in [0.05, 0.1) is 5.69 Å². The van der Waals surface area contributed by atoms with Gasteiger partial charge >= 0.3 is 6.18 Å². The van der Waals surface area contributed by atoms with Gasteiger partial charge in [-0.05, 0) is 6.92 Å². The Hall–Kier alpha value is -1.78. The van der Waals surface area contributed by atoms with Crippen LogP contribution in [0, 0.1) is 6.92 Å². The number of nitrogens with zero attached hydrogens (tertiary/aromatic N) is 1. The zero-order chi connectivity index (χ0) is 11.8. The molecule has 0 saturated heterocycles. The first kappa shape index (κ1) is 10.7. The largest absolute Gasteiger partial charge is 0.449 e. The Morgan fingerprint density at radius 1 is 1.12 bits per heavy atom. The molecule has 16 heavy (non-hydrogen) atoms. The summed E-state index contributed by atoms with van der Waals surface area (Å²) in [5.41, 5.74) is 1.43. The van der Waals surface area contributed by atoms with Gasteiger partial charge in [0, 0.05) is 11.3 Å². The Bertz CT molecular complexity index is 486. The zero-order valence-corrected chi connectivity index (χ0v) is 8.47. The van der Waals surface area contributed by atoms with Gasteiger partial charge in [0.1, 0.15) is 0 Å². The van der Waals surface area contributed by atoms with Crippen molar-refractivity contribution in [1.29, 1.82) is 0 Å². The van der Waals surface area contributed by atoms with Gasteiger partial charge < -0.3 is 4.98 Å². The van der Waals surface area contributed by atoms with Crippen LogP contribution in [0.4, 0.5) is 13.2 Å². The van der Waals surface area contributed by atoms with Crippen LogP contribution in [-0.2, 0) is 6.18 Å². The first-order valence-corrected chi connectivity index (χ1v) is 4.67. The highest BCUT2D eigenvalue weighted by Gasteiger charge is 2.35. The summed E-state index contributed by atoms with van der Waals surface area (Å²) in [4.78, 5) is 5.82.